The molecule has 116 valence electrons. The number of hydrogen-bond acceptors (Lipinski definition) is 5. The van der Waals surface area contributed by atoms with Crippen LogP contribution in [0.15, 0.2) is 18.2 Å². The van der Waals surface area contributed by atoms with Gasteiger partial charge in [-0.3, -0.25) is 10.1 Å². The number of nitrogens with zero attached hydrogens (tertiary/aromatic N) is 1. The zero-order chi connectivity index (χ0) is 15.2. The van der Waals surface area contributed by atoms with Crippen LogP contribution >= 0.6 is 11.8 Å². The molecule has 0 saturated heterocycles. The fourth-order valence-corrected chi connectivity index (χ4v) is 3.60. The minimum Gasteiger partial charge on any atom is -0.496 e. The minimum absolute atomic E-state index is 0.0804. The van der Waals surface area contributed by atoms with Crippen molar-refractivity contribution >= 4 is 17.4 Å². The van der Waals surface area contributed by atoms with Gasteiger partial charge in [-0.15, -0.1) is 0 Å². The van der Waals surface area contributed by atoms with Crippen molar-refractivity contribution in [3.8, 4) is 5.75 Å². The first-order valence-electron chi connectivity index (χ1n) is 7.21. The third kappa shape index (κ3) is 4.61. The highest BCUT2D eigenvalue weighted by Gasteiger charge is 2.21. The maximum Gasteiger partial charge on any atom is 0.273 e. The molecule has 2 unspecified atom stereocenters. The van der Waals surface area contributed by atoms with E-state index in [0.29, 0.717) is 18.3 Å². The molecule has 0 radical (unpaired) electrons. The number of methoxy groups -OCH3 is 1. The summed E-state index contributed by atoms with van der Waals surface area (Å²) < 4.78 is 5.14. The van der Waals surface area contributed by atoms with E-state index in [4.69, 9.17) is 4.74 Å². The summed E-state index contributed by atoms with van der Waals surface area (Å²) in [5, 5.41) is 15.2. The van der Waals surface area contributed by atoms with Gasteiger partial charge in [0, 0.05) is 23.9 Å². The Balaban J connectivity index is 1.99. The summed E-state index contributed by atoms with van der Waals surface area (Å²) in [6, 6.07) is 5.43. The smallest absolute Gasteiger partial charge is 0.273 e. The molecule has 0 bridgehead atoms. The highest BCUT2D eigenvalue weighted by Crippen LogP contribution is 2.27. The number of ether oxygens (including phenoxy) is 1. The SMILES string of the molecule is COc1cc(CNC2CCCC(SC)C2)cc([N+](=O)[O-])c1. The molecular weight excluding hydrogens is 288 g/mol. The number of thioether (sulfide) groups is 1. The molecule has 1 N–H and O–H groups in total. The lowest BCUT2D eigenvalue weighted by Gasteiger charge is -2.28. The molecule has 0 aromatic heterocycles. The van der Waals surface area contributed by atoms with E-state index in [2.05, 4.69) is 11.6 Å². The van der Waals surface area contributed by atoms with Crippen LogP contribution in [0.25, 0.3) is 0 Å². The molecule has 1 aromatic rings. The Labute approximate surface area is 129 Å². The van der Waals surface area contributed by atoms with Gasteiger partial charge in [0.25, 0.3) is 5.69 Å². The van der Waals surface area contributed by atoms with Gasteiger partial charge in [0.05, 0.1) is 18.1 Å². The van der Waals surface area contributed by atoms with Crippen molar-refractivity contribution in [2.45, 2.75) is 43.5 Å². The Morgan fingerprint density at radius 1 is 1.43 bits per heavy atom. The zero-order valence-electron chi connectivity index (χ0n) is 12.5. The third-order valence-electron chi connectivity index (χ3n) is 3.95. The van der Waals surface area contributed by atoms with E-state index >= 15 is 0 Å². The quantitative estimate of drug-likeness (QED) is 0.644. The van der Waals surface area contributed by atoms with Crippen molar-refractivity contribution in [3.05, 3.63) is 33.9 Å². The van der Waals surface area contributed by atoms with Crippen molar-refractivity contribution in [3.63, 3.8) is 0 Å². The number of hydrogen-bond donors (Lipinski definition) is 1. The summed E-state index contributed by atoms with van der Waals surface area (Å²) in [4.78, 5) is 10.6. The molecule has 0 aliphatic heterocycles. The lowest BCUT2D eigenvalue weighted by atomic mass is 9.95. The van der Waals surface area contributed by atoms with E-state index in [-0.39, 0.29) is 10.6 Å². The molecule has 1 fully saturated rings. The van der Waals surface area contributed by atoms with E-state index in [1.54, 1.807) is 6.07 Å². The lowest BCUT2D eigenvalue weighted by Crippen LogP contribution is -2.34. The summed E-state index contributed by atoms with van der Waals surface area (Å²) >= 11 is 1.93. The maximum absolute atomic E-state index is 10.9. The first-order valence-corrected chi connectivity index (χ1v) is 8.49. The number of nitro benzene ring substituents is 1. The minimum atomic E-state index is -0.379. The van der Waals surface area contributed by atoms with Crippen LogP contribution in [0.1, 0.15) is 31.2 Å². The molecule has 2 rings (SSSR count). The molecular formula is C15H22N2O3S. The van der Waals surface area contributed by atoms with Crippen LogP contribution in [-0.2, 0) is 6.54 Å². The lowest BCUT2D eigenvalue weighted by molar-refractivity contribution is -0.385. The predicted molar refractivity (Wildman–Crippen MR) is 86.0 cm³/mol. The molecule has 5 nitrogen and oxygen atoms in total. The number of nitrogens with one attached hydrogen (secondary N) is 1. The summed E-state index contributed by atoms with van der Waals surface area (Å²) in [5.74, 6) is 0.534. The predicted octanol–water partition coefficient (Wildman–Crippen LogP) is 3.37. The standard InChI is InChI=1S/C15H22N2O3S/c1-20-14-7-11(6-13(9-14)17(18)19)10-16-12-4-3-5-15(8-12)21-2/h6-7,9,12,15-16H,3-5,8,10H2,1-2H3. The van der Waals surface area contributed by atoms with Crippen LogP contribution in [0.4, 0.5) is 5.69 Å². The molecule has 1 aliphatic carbocycles. The second-order valence-corrected chi connectivity index (χ2v) is 6.54. The number of non-ortho nitro benzene ring substituents is 1. The van der Waals surface area contributed by atoms with E-state index in [1.807, 2.05) is 17.8 Å². The summed E-state index contributed by atoms with van der Waals surface area (Å²) in [7, 11) is 1.53. The van der Waals surface area contributed by atoms with Crippen molar-refractivity contribution in [1.82, 2.24) is 5.32 Å². The second kappa shape index (κ2) is 7.66. The van der Waals surface area contributed by atoms with Gasteiger partial charge < -0.3 is 10.1 Å². The molecule has 21 heavy (non-hydrogen) atoms. The van der Waals surface area contributed by atoms with Crippen molar-refractivity contribution < 1.29 is 9.66 Å². The molecule has 0 amide bonds. The molecule has 0 heterocycles. The van der Waals surface area contributed by atoms with Gasteiger partial charge in [0.15, 0.2) is 0 Å². The van der Waals surface area contributed by atoms with Crippen LogP contribution in [0, 0.1) is 10.1 Å². The fraction of sp³-hybridized carbons (Fsp3) is 0.600. The van der Waals surface area contributed by atoms with Crippen LogP contribution in [0.3, 0.4) is 0 Å². The molecule has 0 spiro atoms. The van der Waals surface area contributed by atoms with E-state index < -0.39 is 0 Å². The maximum atomic E-state index is 10.9. The van der Waals surface area contributed by atoms with E-state index in [1.165, 1.54) is 38.9 Å². The Hall–Kier alpha value is -1.27. The fourth-order valence-electron chi connectivity index (χ4n) is 2.78. The van der Waals surface area contributed by atoms with Crippen LogP contribution in [0.2, 0.25) is 0 Å². The Morgan fingerprint density at radius 3 is 2.90 bits per heavy atom. The van der Waals surface area contributed by atoms with Gasteiger partial charge in [0.2, 0.25) is 0 Å². The topological polar surface area (TPSA) is 64.4 Å². The van der Waals surface area contributed by atoms with Crippen LogP contribution < -0.4 is 10.1 Å². The van der Waals surface area contributed by atoms with E-state index in [0.717, 1.165) is 10.8 Å². The van der Waals surface area contributed by atoms with E-state index in [9.17, 15) is 10.1 Å². The molecule has 6 heteroatoms. The average molecular weight is 310 g/mol. The van der Waals surface area contributed by atoms with Gasteiger partial charge in [0.1, 0.15) is 5.75 Å². The van der Waals surface area contributed by atoms with Gasteiger partial charge in [-0.05, 0) is 37.1 Å². The van der Waals surface area contributed by atoms with Crippen LogP contribution in [-0.4, -0.2) is 29.6 Å². The van der Waals surface area contributed by atoms with Crippen LogP contribution in [0.5, 0.6) is 5.75 Å². The first-order chi connectivity index (χ1) is 10.1. The monoisotopic (exact) mass is 310 g/mol. The molecule has 1 aromatic carbocycles. The molecule has 1 saturated carbocycles. The Kier molecular flexibility index (Phi) is 5.87. The average Bonchev–Trinajstić information content (AvgIpc) is 2.52. The normalized spacial score (nSPS) is 22.0. The summed E-state index contributed by atoms with van der Waals surface area (Å²) in [6.07, 6.45) is 7.07. The van der Waals surface area contributed by atoms with Gasteiger partial charge >= 0.3 is 0 Å². The Morgan fingerprint density at radius 2 is 2.24 bits per heavy atom. The summed E-state index contributed by atoms with van der Waals surface area (Å²) in [5.41, 5.74) is 0.976. The zero-order valence-corrected chi connectivity index (χ0v) is 13.3. The van der Waals surface area contributed by atoms with Gasteiger partial charge in [-0.25, -0.2) is 0 Å². The second-order valence-electron chi connectivity index (χ2n) is 5.40. The highest BCUT2D eigenvalue weighted by atomic mass is 32.2. The van der Waals surface area contributed by atoms with Gasteiger partial charge in [-0.1, -0.05) is 6.42 Å². The third-order valence-corrected chi connectivity index (χ3v) is 5.05. The number of nitro groups is 1. The molecule has 2 atom stereocenters. The first kappa shape index (κ1) is 16.1. The van der Waals surface area contributed by atoms with Crippen molar-refractivity contribution in [2.75, 3.05) is 13.4 Å². The summed E-state index contributed by atoms with van der Waals surface area (Å²) in [6.45, 7) is 0.643. The van der Waals surface area contributed by atoms with Gasteiger partial charge in [-0.2, -0.15) is 11.8 Å². The highest BCUT2D eigenvalue weighted by molar-refractivity contribution is 7.99. The van der Waals surface area contributed by atoms with Crippen molar-refractivity contribution in [2.24, 2.45) is 0 Å². The number of benzene rings is 1. The number of rotatable bonds is 6. The Bertz CT molecular complexity index is 496. The van der Waals surface area contributed by atoms with Crippen molar-refractivity contribution in [1.29, 1.82) is 0 Å². The molecule has 1 aliphatic rings. The largest absolute Gasteiger partial charge is 0.496 e.